The Morgan fingerprint density at radius 3 is 2.45 bits per heavy atom. The van der Waals surface area contributed by atoms with Gasteiger partial charge in [0.05, 0.1) is 10.6 Å². The normalized spacial score (nSPS) is 19.1. The highest BCUT2D eigenvalue weighted by Crippen LogP contribution is 2.42. The quantitative estimate of drug-likeness (QED) is 0.475. The predicted octanol–water partition coefficient (Wildman–Crippen LogP) is 5.57. The van der Waals surface area contributed by atoms with E-state index < -0.39 is 0 Å². The fourth-order valence-electron chi connectivity index (χ4n) is 3.51. The molecule has 2 heterocycles. The third-order valence-corrected chi connectivity index (χ3v) is 6.58. The van der Waals surface area contributed by atoms with E-state index in [2.05, 4.69) is 36.1 Å². The van der Waals surface area contributed by atoms with Gasteiger partial charge < -0.3 is 9.64 Å². The zero-order valence-electron chi connectivity index (χ0n) is 16.6. The Morgan fingerprint density at radius 2 is 1.79 bits per heavy atom. The largest absolute Gasteiger partial charge is 0.439 e. The van der Waals surface area contributed by atoms with Gasteiger partial charge in [-0.1, -0.05) is 60.4 Å². The molecular formula is C23H22N2O2S2. The van der Waals surface area contributed by atoms with Gasteiger partial charge in [0.25, 0.3) is 5.91 Å². The van der Waals surface area contributed by atoms with Crippen molar-refractivity contribution in [2.75, 3.05) is 18.0 Å². The Labute approximate surface area is 180 Å². The number of thiocarbonyl (C=S) groups is 1. The molecule has 1 fully saturated rings. The SMILES string of the molecule is CCN1C(=O)C(=C(C)C=C2Oc3ccc(-c4ccccc4)cc3N2CC)SC1=S. The number of likely N-dealkylation sites (N-methyl/N-ethyl adjacent to an activating group) is 1. The maximum atomic E-state index is 12.6. The van der Waals surface area contributed by atoms with Gasteiger partial charge in [0.1, 0.15) is 4.32 Å². The number of ether oxygens (including phenoxy) is 1. The number of allylic oxidation sites excluding steroid dienone is 2. The highest BCUT2D eigenvalue weighted by Gasteiger charge is 2.33. The van der Waals surface area contributed by atoms with Crippen LogP contribution in [0.2, 0.25) is 0 Å². The molecule has 1 saturated heterocycles. The summed E-state index contributed by atoms with van der Waals surface area (Å²) in [5.74, 6) is 1.53. The zero-order chi connectivity index (χ0) is 20.5. The molecule has 0 saturated carbocycles. The van der Waals surface area contributed by atoms with E-state index in [1.54, 1.807) is 4.90 Å². The van der Waals surface area contributed by atoms with E-state index in [0.717, 1.165) is 35.0 Å². The van der Waals surface area contributed by atoms with Gasteiger partial charge in [-0.15, -0.1) is 0 Å². The van der Waals surface area contributed by atoms with Crippen molar-refractivity contribution in [2.24, 2.45) is 0 Å². The van der Waals surface area contributed by atoms with Crippen molar-refractivity contribution in [3.05, 3.63) is 71.0 Å². The topological polar surface area (TPSA) is 32.8 Å². The van der Waals surface area contributed by atoms with Crippen LogP contribution in [0.3, 0.4) is 0 Å². The van der Waals surface area contributed by atoms with E-state index in [1.165, 1.54) is 17.3 Å². The average molecular weight is 423 g/mol. The molecule has 0 aliphatic carbocycles. The van der Waals surface area contributed by atoms with Crippen LogP contribution in [0.25, 0.3) is 11.1 Å². The van der Waals surface area contributed by atoms with E-state index in [-0.39, 0.29) is 5.91 Å². The molecule has 29 heavy (non-hydrogen) atoms. The molecule has 2 aromatic rings. The number of thioether (sulfide) groups is 1. The van der Waals surface area contributed by atoms with Crippen LogP contribution in [0.4, 0.5) is 5.69 Å². The van der Waals surface area contributed by atoms with Crippen molar-refractivity contribution in [3.63, 3.8) is 0 Å². The van der Waals surface area contributed by atoms with E-state index >= 15 is 0 Å². The number of hydrogen-bond acceptors (Lipinski definition) is 5. The molecule has 1 amide bonds. The summed E-state index contributed by atoms with van der Waals surface area (Å²) in [6, 6.07) is 16.5. The molecule has 4 nitrogen and oxygen atoms in total. The third kappa shape index (κ3) is 3.58. The number of carbonyl (C=O) groups is 1. The summed E-state index contributed by atoms with van der Waals surface area (Å²) < 4.78 is 6.74. The zero-order valence-corrected chi connectivity index (χ0v) is 18.3. The van der Waals surface area contributed by atoms with E-state index in [0.29, 0.717) is 15.8 Å². The number of rotatable bonds is 4. The smallest absolute Gasteiger partial charge is 0.266 e. The van der Waals surface area contributed by atoms with Crippen LogP contribution in [0.1, 0.15) is 20.8 Å². The Hall–Kier alpha value is -2.57. The lowest BCUT2D eigenvalue weighted by atomic mass is 10.0. The Morgan fingerprint density at radius 1 is 1.07 bits per heavy atom. The van der Waals surface area contributed by atoms with Gasteiger partial charge in [-0.3, -0.25) is 9.69 Å². The molecule has 0 radical (unpaired) electrons. The van der Waals surface area contributed by atoms with Gasteiger partial charge in [-0.25, -0.2) is 0 Å². The third-order valence-electron chi connectivity index (χ3n) is 5.02. The number of amides is 1. The molecular weight excluding hydrogens is 400 g/mol. The van der Waals surface area contributed by atoms with Crippen LogP contribution in [-0.4, -0.2) is 28.2 Å². The molecule has 148 valence electrons. The fraction of sp³-hybridized carbons (Fsp3) is 0.217. The molecule has 2 aliphatic rings. The molecule has 0 N–H and O–H groups in total. The number of benzene rings is 2. The first-order chi connectivity index (χ1) is 14.0. The lowest BCUT2D eigenvalue weighted by Gasteiger charge is -2.16. The molecule has 2 aliphatic heterocycles. The minimum atomic E-state index is -0.0261. The first-order valence-electron chi connectivity index (χ1n) is 9.64. The van der Waals surface area contributed by atoms with Crippen molar-refractivity contribution >= 4 is 39.9 Å². The number of fused-ring (bicyclic) bond motifs is 1. The molecule has 4 rings (SSSR count). The lowest BCUT2D eigenvalue weighted by Crippen LogP contribution is -2.27. The summed E-state index contributed by atoms with van der Waals surface area (Å²) in [5.41, 5.74) is 4.22. The number of carbonyl (C=O) groups excluding carboxylic acids is 1. The van der Waals surface area contributed by atoms with Crippen LogP contribution in [0.15, 0.2) is 71.0 Å². The molecule has 0 bridgehead atoms. The van der Waals surface area contributed by atoms with Crippen LogP contribution >= 0.6 is 24.0 Å². The number of anilines is 1. The Bertz CT molecular complexity index is 1040. The summed E-state index contributed by atoms with van der Waals surface area (Å²) in [5, 5.41) is 0. The van der Waals surface area contributed by atoms with Crippen molar-refractivity contribution in [3.8, 4) is 16.9 Å². The van der Waals surface area contributed by atoms with Crippen molar-refractivity contribution in [1.29, 1.82) is 0 Å². The van der Waals surface area contributed by atoms with Crippen LogP contribution in [0.5, 0.6) is 5.75 Å². The molecule has 6 heteroatoms. The lowest BCUT2D eigenvalue weighted by molar-refractivity contribution is -0.122. The highest BCUT2D eigenvalue weighted by atomic mass is 32.2. The molecule has 2 aromatic carbocycles. The van der Waals surface area contributed by atoms with Gasteiger partial charge in [0.15, 0.2) is 5.75 Å². The summed E-state index contributed by atoms with van der Waals surface area (Å²) in [6.45, 7) is 7.31. The van der Waals surface area contributed by atoms with Gasteiger partial charge >= 0.3 is 0 Å². The second-order valence-electron chi connectivity index (χ2n) is 6.81. The molecule has 0 unspecified atom stereocenters. The molecule has 0 aromatic heterocycles. The summed E-state index contributed by atoms with van der Waals surface area (Å²) in [4.78, 5) is 17.0. The second kappa shape index (κ2) is 8.05. The second-order valence-corrected chi connectivity index (χ2v) is 8.45. The van der Waals surface area contributed by atoms with E-state index in [4.69, 9.17) is 17.0 Å². The van der Waals surface area contributed by atoms with Crippen molar-refractivity contribution in [2.45, 2.75) is 20.8 Å². The van der Waals surface area contributed by atoms with E-state index in [9.17, 15) is 4.79 Å². The van der Waals surface area contributed by atoms with Crippen molar-refractivity contribution < 1.29 is 9.53 Å². The predicted molar refractivity (Wildman–Crippen MR) is 124 cm³/mol. The summed E-state index contributed by atoms with van der Waals surface area (Å²) in [6.07, 6.45) is 1.94. The number of nitrogens with zero attached hydrogens (tertiary/aromatic N) is 2. The highest BCUT2D eigenvalue weighted by molar-refractivity contribution is 8.26. The maximum Gasteiger partial charge on any atom is 0.266 e. The maximum absolute atomic E-state index is 12.6. The minimum Gasteiger partial charge on any atom is -0.439 e. The summed E-state index contributed by atoms with van der Waals surface area (Å²) >= 11 is 6.69. The molecule has 0 spiro atoms. The van der Waals surface area contributed by atoms with Crippen molar-refractivity contribution in [1.82, 2.24) is 4.90 Å². The van der Waals surface area contributed by atoms with Gasteiger partial charge in [0.2, 0.25) is 5.88 Å². The first kappa shape index (κ1) is 19.7. The van der Waals surface area contributed by atoms with Crippen LogP contribution in [0, 0.1) is 0 Å². The first-order valence-corrected chi connectivity index (χ1v) is 10.9. The molecule has 0 atom stereocenters. The van der Waals surface area contributed by atoms with Crippen LogP contribution < -0.4 is 9.64 Å². The average Bonchev–Trinajstić information content (AvgIpc) is 3.23. The van der Waals surface area contributed by atoms with Gasteiger partial charge in [-0.05, 0) is 49.6 Å². The Balaban J connectivity index is 1.68. The van der Waals surface area contributed by atoms with Gasteiger partial charge in [0, 0.05) is 19.2 Å². The standard InChI is InChI=1S/C23H22N2O2S2/c1-4-24-18-14-17(16-9-7-6-8-10-16)11-12-19(18)27-20(24)13-15(3)21-22(26)25(5-2)23(28)29-21/h6-14H,4-5H2,1-3H3. The van der Waals surface area contributed by atoms with Crippen LogP contribution in [-0.2, 0) is 4.79 Å². The summed E-state index contributed by atoms with van der Waals surface area (Å²) in [7, 11) is 0. The monoisotopic (exact) mass is 422 g/mol. The number of hydrogen-bond donors (Lipinski definition) is 0. The Kier molecular flexibility index (Phi) is 5.48. The fourth-order valence-corrected chi connectivity index (χ4v) is 4.89. The minimum absolute atomic E-state index is 0.0261. The van der Waals surface area contributed by atoms with E-state index in [1.807, 2.05) is 44.2 Å². The van der Waals surface area contributed by atoms with Gasteiger partial charge in [-0.2, -0.15) is 0 Å².